The molecule has 21 heavy (non-hydrogen) atoms. The number of benzene rings is 1. The van der Waals surface area contributed by atoms with Gasteiger partial charge in [-0.25, -0.2) is 13.8 Å². The van der Waals surface area contributed by atoms with Crippen LogP contribution < -0.4 is 5.32 Å². The highest BCUT2D eigenvalue weighted by atomic mass is 32.2. The van der Waals surface area contributed by atoms with Crippen LogP contribution in [-0.2, 0) is 4.79 Å². The van der Waals surface area contributed by atoms with Gasteiger partial charge in [0.05, 0.1) is 11.4 Å². The lowest BCUT2D eigenvalue weighted by molar-refractivity contribution is -0.113. The number of rotatable bonds is 5. The van der Waals surface area contributed by atoms with Crippen molar-refractivity contribution in [2.75, 3.05) is 11.1 Å². The number of anilines is 1. The summed E-state index contributed by atoms with van der Waals surface area (Å²) in [6.45, 7) is 4.04. The molecular formula is C14H14F2N2OS2. The molecule has 2 aromatic rings. The second-order valence-electron chi connectivity index (χ2n) is 4.64. The molecule has 0 spiro atoms. The zero-order valence-electron chi connectivity index (χ0n) is 11.5. The Bertz CT molecular complexity index is 644. The predicted molar refractivity (Wildman–Crippen MR) is 81.9 cm³/mol. The Morgan fingerprint density at radius 1 is 1.43 bits per heavy atom. The summed E-state index contributed by atoms with van der Waals surface area (Å²) in [5, 5.41) is 5.10. The Labute approximate surface area is 129 Å². The zero-order chi connectivity index (χ0) is 15.4. The molecular weight excluding hydrogens is 314 g/mol. The van der Waals surface area contributed by atoms with Crippen molar-refractivity contribution in [3.63, 3.8) is 0 Å². The topological polar surface area (TPSA) is 42.0 Å². The molecule has 1 N–H and O–H groups in total. The van der Waals surface area contributed by atoms with Crippen LogP contribution in [-0.4, -0.2) is 16.6 Å². The first-order valence-corrected chi connectivity index (χ1v) is 8.15. The minimum absolute atomic E-state index is 0.0408. The normalized spacial score (nSPS) is 10.9. The van der Waals surface area contributed by atoms with Crippen LogP contribution in [0.25, 0.3) is 0 Å². The van der Waals surface area contributed by atoms with Crippen molar-refractivity contribution in [1.82, 2.24) is 4.98 Å². The molecule has 0 unspecified atom stereocenters. The molecule has 1 heterocycles. The van der Waals surface area contributed by atoms with Crippen LogP contribution in [0.5, 0.6) is 0 Å². The molecule has 0 radical (unpaired) electrons. The van der Waals surface area contributed by atoms with E-state index in [2.05, 4.69) is 10.3 Å². The molecule has 0 aliphatic carbocycles. The molecule has 0 atom stereocenters. The number of thiazole rings is 1. The number of carbonyl (C=O) groups is 1. The maximum atomic E-state index is 13.4. The van der Waals surface area contributed by atoms with E-state index in [1.807, 2.05) is 19.2 Å². The quantitative estimate of drug-likeness (QED) is 0.833. The Morgan fingerprint density at radius 2 is 2.19 bits per heavy atom. The van der Waals surface area contributed by atoms with Gasteiger partial charge in [-0.3, -0.25) is 4.79 Å². The largest absolute Gasteiger partial charge is 0.301 e. The van der Waals surface area contributed by atoms with Crippen LogP contribution in [0.1, 0.15) is 25.5 Å². The fourth-order valence-electron chi connectivity index (χ4n) is 1.50. The van der Waals surface area contributed by atoms with E-state index in [9.17, 15) is 13.6 Å². The zero-order valence-corrected chi connectivity index (χ0v) is 13.2. The summed E-state index contributed by atoms with van der Waals surface area (Å²) in [5.41, 5.74) is 0.924. The van der Waals surface area contributed by atoms with Crippen molar-refractivity contribution >= 4 is 34.1 Å². The fourth-order valence-corrected chi connectivity index (χ4v) is 3.11. The summed E-state index contributed by atoms with van der Waals surface area (Å²) in [5.74, 6) is -1.23. The second kappa shape index (κ2) is 7.00. The van der Waals surface area contributed by atoms with Crippen LogP contribution in [0, 0.1) is 11.6 Å². The van der Waals surface area contributed by atoms with Crippen molar-refractivity contribution in [2.45, 2.75) is 24.7 Å². The number of nitrogens with zero attached hydrogens (tertiary/aromatic N) is 1. The Morgan fingerprint density at radius 3 is 2.81 bits per heavy atom. The maximum absolute atomic E-state index is 13.4. The molecule has 7 heteroatoms. The minimum atomic E-state index is -0.663. The van der Waals surface area contributed by atoms with Gasteiger partial charge in [0.25, 0.3) is 0 Å². The van der Waals surface area contributed by atoms with Gasteiger partial charge in [-0.15, -0.1) is 23.1 Å². The van der Waals surface area contributed by atoms with Crippen LogP contribution in [0.2, 0.25) is 0 Å². The molecule has 112 valence electrons. The van der Waals surface area contributed by atoms with Gasteiger partial charge in [-0.1, -0.05) is 13.8 Å². The van der Waals surface area contributed by atoms with E-state index in [-0.39, 0.29) is 16.6 Å². The van der Waals surface area contributed by atoms with Gasteiger partial charge in [-0.2, -0.15) is 0 Å². The van der Waals surface area contributed by atoms with Crippen molar-refractivity contribution in [2.24, 2.45) is 0 Å². The highest BCUT2D eigenvalue weighted by Crippen LogP contribution is 2.24. The van der Waals surface area contributed by atoms with E-state index in [4.69, 9.17) is 0 Å². The van der Waals surface area contributed by atoms with E-state index >= 15 is 0 Å². The SMILES string of the molecule is CC(C)c1csc(NC(=O)CSc2ccc(F)cc2F)n1. The number of carbonyl (C=O) groups excluding carboxylic acids is 1. The first-order valence-electron chi connectivity index (χ1n) is 6.29. The van der Waals surface area contributed by atoms with Gasteiger partial charge in [0.15, 0.2) is 5.13 Å². The van der Waals surface area contributed by atoms with Gasteiger partial charge in [0, 0.05) is 16.3 Å². The smallest absolute Gasteiger partial charge is 0.236 e. The first kappa shape index (κ1) is 15.9. The van der Waals surface area contributed by atoms with Gasteiger partial charge >= 0.3 is 0 Å². The van der Waals surface area contributed by atoms with E-state index < -0.39 is 11.6 Å². The molecule has 1 aromatic carbocycles. The lowest BCUT2D eigenvalue weighted by Crippen LogP contribution is -2.14. The van der Waals surface area contributed by atoms with Crippen LogP contribution in [0.3, 0.4) is 0 Å². The van der Waals surface area contributed by atoms with Crippen LogP contribution in [0.15, 0.2) is 28.5 Å². The highest BCUT2D eigenvalue weighted by molar-refractivity contribution is 8.00. The minimum Gasteiger partial charge on any atom is -0.301 e. The van der Waals surface area contributed by atoms with E-state index in [1.165, 1.54) is 23.5 Å². The maximum Gasteiger partial charge on any atom is 0.236 e. The van der Waals surface area contributed by atoms with E-state index in [1.54, 1.807) is 0 Å². The van der Waals surface area contributed by atoms with Crippen molar-refractivity contribution in [3.05, 3.63) is 40.9 Å². The lowest BCUT2D eigenvalue weighted by atomic mass is 10.2. The Hall–Kier alpha value is -1.47. The fraction of sp³-hybridized carbons (Fsp3) is 0.286. The monoisotopic (exact) mass is 328 g/mol. The molecule has 0 aliphatic heterocycles. The molecule has 0 saturated carbocycles. The standard InChI is InChI=1S/C14H14F2N2OS2/c1-8(2)11-6-21-14(17-11)18-13(19)7-20-12-4-3-9(15)5-10(12)16/h3-6,8H,7H2,1-2H3,(H,17,18,19). The molecule has 0 saturated heterocycles. The summed E-state index contributed by atoms with van der Waals surface area (Å²) in [7, 11) is 0. The summed E-state index contributed by atoms with van der Waals surface area (Å²) in [6, 6.07) is 3.29. The Balaban J connectivity index is 1.89. The van der Waals surface area contributed by atoms with Crippen LogP contribution in [0.4, 0.5) is 13.9 Å². The average Bonchev–Trinajstić information content (AvgIpc) is 2.86. The van der Waals surface area contributed by atoms with Crippen LogP contribution >= 0.6 is 23.1 Å². The van der Waals surface area contributed by atoms with Crippen molar-refractivity contribution in [3.8, 4) is 0 Å². The number of nitrogens with one attached hydrogen (secondary N) is 1. The number of hydrogen-bond donors (Lipinski definition) is 1. The molecule has 2 rings (SSSR count). The molecule has 0 aliphatic rings. The molecule has 1 aromatic heterocycles. The molecule has 0 bridgehead atoms. The van der Waals surface area contributed by atoms with Crippen molar-refractivity contribution < 1.29 is 13.6 Å². The number of aromatic nitrogens is 1. The summed E-state index contributed by atoms with van der Waals surface area (Å²) in [6.07, 6.45) is 0. The van der Waals surface area contributed by atoms with E-state index in [0.29, 0.717) is 11.0 Å². The number of amides is 1. The molecule has 1 amide bonds. The average molecular weight is 328 g/mol. The third-order valence-corrected chi connectivity index (χ3v) is 4.44. The second-order valence-corrected chi connectivity index (χ2v) is 6.52. The summed E-state index contributed by atoms with van der Waals surface area (Å²) >= 11 is 2.38. The number of thioether (sulfide) groups is 1. The molecule has 3 nitrogen and oxygen atoms in total. The van der Waals surface area contributed by atoms with E-state index in [0.717, 1.165) is 23.5 Å². The Kier molecular flexibility index (Phi) is 5.30. The van der Waals surface area contributed by atoms with Gasteiger partial charge in [0.1, 0.15) is 11.6 Å². The van der Waals surface area contributed by atoms with Gasteiger partial charge in [-0.05, 0) is 18.1 Å². The first-order chi connectivity index (χ1) is 9.95. The lowest BCUT2D eigenvalue weighted by Gasteiger charge is -2.03. The summed E-state index contributed by atoms with van der Waals surface area (Å²) < 4.78 is 26.2. The van der Waals surface area contributed by atoms with Gasteiger partial charge in [0.2, 0.25) is 5.91 Å². The number of halogens is 2. The van der Waals surface area contributed by atoms with Gasteiger partial charge < -0.3 is 5.32 Å². The summed E-state index contributed by atoms with van der Waals surface area (Å²) in [4.78, 5) is 16.3. The predicted octanol–water partition coefficient (Wildman–Crippen LogP) is 4.28. The number of hydrogen-bond acceptors (Lipinski definition) is 4. The third kappa shape index (κ3) is 4.50. The highest BCUT2D eigenvalue weighted by Gasteiger charge is 2.11. The van der Waals surface area contributed by atoms with Crippen molar-refractivity contribution in [1.29, 1.82) is 0 Å². The molecule has 0 fully saturated rings. The third-order valence-electron chi connectivity index (χ3n) is 2.61.